The molecular formula is C18H22FN5O3. The first-order valence-corrected chi connectivity index (χ1v) is 9.07. The highest BCUT2D eigenvalue weighted by Crippen LogP contribution is 2.24. The van der Waals surface area contributed by atoms with E-state index in [2.05, 4.69) is 20.7 Å². The number of hydrogen-bond acceptors (Lipinski definition) is 5. The molecule has 8 nitrogen and oxygen atoms in total. The van der Waals surface area contributed by atoms with Gasteiger partial charge < -0.3 is 10.4 Å². The van der Waals surface area contributed by atoms with Crippen LogP contribution in [-0.4, -0.2) is 43.2 Å². The SMILES string of the molecule is O=C(CCCn1nnc(-c2ccc(F)cc2)n1)NC1CCC(C(=O)O)CC1. The summed E-state index contributed by atoms with van der Waals surface area (Å²) in [5.74, 6) is -0.997. The molecule has 2 aromatic rings. The number of hydrogen-bond donors (Lipinski definition) is 2. The fourth-order valence-corrected chi connectivity index (χ4v) is 3.22. The number of rotatable bonds is 7. The minimum absolute atomic E-state index is 0.0485. The molecule has 1 amide bonds. The molecule has 0 aliphatic heterocycles. The molecule has 1 aliphatic carbocycles. The van der Waals surface area contributed by atoms with Crippen molar-refractivity contribution < 1.29 is 19.1 Å². The molecule has 1 heterocycles. The lowest BCUT2D eigenvalue weighted by Crippen LogP contribution is -2.38. The van der Waals surface area contributed by atoms with Crippen LogP contribution in [0.25, 0.3) is 11.4 Å². The van der Waals surface area contributed by atoms with Crippen LogP contribution in [0.3, 0.4) is 0 Å². The number of aromatic nitrogens is 4. The molecule has 0 spiro atoms. The van der Waals surface area contributed by atoms with Gasteiger partial charge in [-0.3, -0.25) is 9.59 Å². The highest BCUT2D eigenvalue weighted by atomic mass is 19.1. The summed E-state index contributed by atoms with van der Waals surface area (Å²) in [6.07, 6.45) is 3.52. The van der Waals surface area contributed by atoms with E-state index in [1.807, 2.05) is 0 Å². The molecule has 0 atom stereocenters. The molecule has 1 aliphatic rings. The Morgan fingerprint density at radius 3 is 2.56 bits per heavy atom. The molecule has 1 saturated carbocycles. The van der Waals surface area contributed by atoms with E-state index >= 15 is 0 Å². The molecule has 0 radical (unpaired) electrons. The topological polar surface area (TPSA) is 110 Å². The third-order valence-corrected chi connectivity index (χ3v) is 4.76. The first-order valence-electron chi connectivity index (χ1n) is 9.07. The second-order valence-electron chi connectivity index (χ2n) is 6.77. The van der Waals surface area contributed by atoms with Gasteiger partial charge in [-0.25, -0.2) is 4.39 Å². The largest absolute Gasteiger partial charge is 0.481 e. The van der Waals surface area contributed by atoms with Crippen molar-refractivity contribution >= 4 is 11.9 Å². The number of benzene rings is 1. The zero-order valence-corrected chi connectivity index (χ0v) is 14.8. The molecule has 0 bridgehead atoms. The van der Waals surface area contributed by atoms with Gasteiger partial charge in [-0.2, -0.15) is 4.80 Å². The zero-order chi connectivity index (χ0) is 19.2. The number of carbonyl (C=O) groups is 2. The van der Waals surface area contributed by atoms with Crippen molar-refractivity contribution in [1.29, 1.82) is 0 Å². The Morgan fingerprint density at radius 1 is 1.19 bits per heavy atom. The lowest BCUT2D eigenvalue weighted by Gasteiger charge is -2.26. The summed E-state index contributed by atoms with van der Waals surface area (Å²) >= 11 is 0. The quantitative estimate of drug-likeness (QED) is 0.766. The van der Waals surface area contributed by atoms with Crippen LogP contribution in [0.2, 0.25) is 0 Å². The minimum Gasteiger partial charge on any atom is -0.481 e. The molecule has 0 unspecified atom stereocenters. The van der Waals surface area contributed by atoms with Gasteiger partial charge in [0, 0.05) is 18.0 Å². The fraction of sp³-hybridized carbons (Fsp3) is 0.500. The van der Waals surface area contributed by atoms with Gasteiger partial charge in [-0.1, -0.05) is 0 Å². The molecule has 144 valence electrons. The minimum atomic E-state index is -0.750. The van der Waals surface area contributed by atoms with E-state index in [1.165, 1.54) is 16.9 Å². The Morgan fingerprint density at radius 2 is 1.89 bits per heavy atom. The zero-order valence-electron chi connectivity index (χ0n) is 14.8. The summed E-state index contributed by atoms with van der Waals surface area (Å²) in [4.78, 5) is 24.4. The number of carbonyl (C=O) groups excluding carboxylic acids is 1. The van der Waals surface area contributed by atoms with Crippen LogP contribution >= 0.6 is 0 Å². The van der Waals surface area contributed by atoms with Crippen LogP contribution in [0.5, 0.6) is 0 Å². The monoisotopic (exact) mass is 375 g/mol. The van der Waals surface area contributed by atoms with Gasteiger partial charge in [0.2, 0.25) is 11.7 Å². The van der Waals surface area contributed by atoms with E-state index < -0.39 is 5.97 Å². The van der Waals surface area contributed by atoms with E-state index in [-0.39, 0.29) is 23.7 Å². The number of aryl methyl sites for hydroxylation is 1. The van der Waals surface area contributed by atoms with Crippen LogP contribution in [0, 0.1) is 11.7 Å². The van der Waals surface area contributed by atoms with Crippen LogP contribution in [0.15, 0.2) is 24.3 Å². The van der Waals surface area contributed by atoms with Crippen molar-refractivity contribution in [3.05, 3.63) is 30.1 Å². The first-order chi connectivity index (χ1) is 13.0. The lowest BCUT2D eigenvalue weighted by atomic mass is 9.86. The standard InChI is InChI=1S/C18H22FN5O3/c19-14-7-3-12(4-8-14)17-21-23-24(22-17)11-1-2-16(25)20-15-9-5-13(6-10-15)18(26)27/h3-4,7-8,13,15H,1-2,5-6,9-11H2,(H,20,25)(H,26,27). The van der Waals surface area contributed by atoms with E-state index in [1.54, 1.807) is 12.1 Å². The highest BCUT2D eigenvalue weighted by Gasteiger charge is 2.26. The smallest absolute Gasteiger partial charge is 0.306 e. The van der Waals surface area contributed by atoms with E-state index in [9.17, 15) is 14.0 Å². The predicted octanol–water partition coefficient (Wildman–Crippen LogP) is 2.02. The molecule has 3 rings (SSSR count). The maximum Gasteiger partial charge on any atom is 0.306 e. The van der Waals surface area contributed by atoms with Crippen molar-refractivity contribution in [2.45, 2.75) is 51.1 Å². The van der Waals surface area contributed by atoms with Crippen molar-refractivity contribution in [3.8, 4) is 11.4 Å². The van der Waals surface area contributed by atoms with Gasteiger partial charge in [0.1, 0.15) is 5.82 Å². The van der Waals surface area contributed by atoms with Crippen molar-refractivity contribution in [1.82, 2.24) is 25.5 Å². The Bertz CT molecular complexity index is 785. The summed E-state index contributed by atoms with van der Waals surface area (Å²) in [7, 11) is 0. The summed E-state index contributed by atoms with van der Waals surface area (Å²) in [5.41, 5.74) is 0.678. The fourth-order valence-electron chi connectivity index (χ4n) is 3.22. The van der Waals surface area contributed by atoms with Crippen LogP contribution < -0.4 is 5.32 Å². The summed E-state index contributed by atoms with van der Waals surface area (Å²) in [6, 6.07) is 5.91. The normalized spacial score (nSPS) is 19.6. The van der Waals surface area contributed by atoms with Crippen LogP contribution in [0.4, 0.5) is 4.39 Å². The molecule has 2 N–H and O–H groups in total. The number of halogens is 1. The molecule has 27 heavy (non-hydrogen) atoms. The van der Waals surface area contributed by atoms with Crippen molar-refractivity contribution in [3.63, 3.8) is 0 Å². The average molecular weight is 375 g/mol. The van der Waals surface area contributed by atoms with Gasteiger partial charge in [0.05, 0.1) is 12.5 Å². The first kappa shape index (κ1) is 18.9. The van der Waals surface area contributed by atoms with E-state index in [0.717, 1.165) is 0 Å². The maximum atomic E-state index is 12.9. The Hall–Kier alpha value is -2.84. The van der Waals surface area contributed by atoms with Crippen molar-refractivity contribution in [2.75, 3.05) is 0 Å². The van der Waals surface area contributed by atoms with Gasteiger partial charge >= 0.3 is 5.97 Å². The van der Waals surface area contributed by atoms with Crippen LogP contribution in [-0.2, 0) is 16.1 Å². The molecular weight excluding hydrogens is 353 g/mol. The summed E-state index contributed by atoms with van der Waals surface area (Å²) in [5, 5.41) is 24.1. The number of aliphatic carboxylic acids is 1. The Balaban J connectivity index is 1.39. The molecule has 9 heteroatoms. The average Bonchev–Trinajstić information content (AvgIpc) is 3.11. The molecule has 1 aromatic carbocycles. The number of nitrogens with zero attached hydrogens (tertiary/aromatic N) is 4. The maximum absolute atomic E-state index is 12.9. The second kappa shape index (κ2) is 8.70. The van der Waals surface area contributed by atoms with E-state index in [4.69, 9.17) is 5.11 Å². The van der Waals surface area contributed by atoms with Gasteiger partial charge in [0.25, 0.3) is 0 Å². The molecule has 1 fully saturated rings. The summed E-state index contributed by atoms with van der Waals surface area (Å²) < 4.78 is 12.9. The van der Waals surface area contributed by atoms with Gasteiger partial charge in [0.15, 0.2) is 0 Å². The third-order valence-electron chi connectivity index (χ3n) is 4.76. The predicted molar refractivity (Wildman–Crippen MR) is 94.0 cm³/mol. The van der Waals surface area contributed by atoms with E-state index in [0.29, 0.717) is 56.5 Å². The number of carboxylic acids is 1. The van der Waals surface area contributed by atoms with Crippen LogP contribution in [0.1, 0.15) is 38.5 Å². The Labute approximate surface area is 155 Å². The van der Waals surface area contributed by atoms with Crippen molar-refractivity contribution in [2.24, 2.45) is 5.92 Å². The molecule has 1 aromatic heterocycles. The number of tetrazole rings is 1. The molecule has 0 saturated heterocycles. The number of carboxylic acid groups (broad SMARTS) is 1. The van der Waals surface area contributed by atoms with Gasteiger partial charge in [-0.05, 0) is 61.6 Å². The summed E-state index contributed by atoms with van der Waals surface area (Å²) in [6.45, 7) is 0.452. The van der Waals surface area contributed by atoms with Gasteiger partial charge in [-0.15, -0.1) is 10.2 Å². The lowest BCUT2D eigenvalue weighted by molar-refractivity contribution is -0.142. The Kier molecular flexibility index (Phi) is 6.10. The third kappa shape index (κ3) is 5.32. The highest BCUT2D eigenvalue weighted by molar-refractivity contribution is 5.76. The second-order valence-corrected chi connectivity index (χ2v) is 6.77. The number of nitrogens with one attached hydrogen (secondary N) is 1. The number of amides is 1.